The summed E-state index contributed by atoms with van der Waals surface area (Å²) in [4.78, 5) is 28.8. The zero-order valence-electron chi connectivity index (χ0n) is 15.8. The summed E-state index contributed by atoms with van der Waals surface area (Å²) < 4.78 is 16.8. The van der Waals surface area contributed by atoms with Crippen LogP contribution in [0.1, 0.15) is 5.69 Å². The molecule has 0 saturated carbocycles. The van der Waals surface area contributed by atoms with Crippen molar-refractivity contribution in [2.45, 2.75) is 6.42 Å². The van der Waals surface area contributed by atoms with Gasteiger partial charge in [-0.3, -0.25) is 13.9 Å². The van der Waals surface area contributed by atoms with Gasteiger partial charge in [-0.2, -0.15) is 0 Å². The molecular formula is C20H18FN5O2S. The Hall–Kier alpha value is -3.46. The highest BCUT2D eigenvalue weighted by molar-refractivity contribution is 7.13. The number of rotatable bonds is 5. The van der Waals surface area contributed by atoms with Gasteiger partial charge in [0.25, 0.3) is 0 Å². The predicted molar refractivity (Wildman–Crippen MR) is 112 cm³/mol. The first-order valence-corrected chi connectivity index (χ1v) is 9.71. The van der Waals surface area contributed by atoms with Crippen LogP contribution in [0.2, 0.25) is 0 Å². The Morgan fingerprint density at radius 2 is 1.90 bits per heavy atom. The number of thiazole rings is 1. The number of fused-ring (bicyclic) bond motifs is 1. The Kier molecular flexibility index (Phi) is 4.89. The number of para-hydroxylation sites is 1. The third-order valence-corrected chi connectivity index (χ3v) is 5.37. The second-order valence-corrected chi connectivity index (χ2v) is 7.44. The van der Waals surface area contributed by atoms with Crippen molar-refractivity contribution in [1.29, 1.82) is 0 Å². The van der Waals surface area contributed by atoms with Crippen LogP contribution >= 0.6 is 11.3 Å². The smallest absolute Gasteiger partial charge is 0.328 e. The van der Waals surface area contributed by atoms with Crippen LogP contribution < -0.4 is 16.3 Å². The van der Waals surface area contributed by atoms with Crippen LogP contribution in [0, 0.1) is 5.82 Å². The summed E-state index contributed by atoms with van der Waals surface area (Å²) in [5, 5.41) is 8.01. The molecule has 0 aliphatic heterocycles. The zero-order chi connectivity index (χ0) is 20.5. The Morgan fingerprint density at radius 1 is 1.14 bits per heavy atom. The number of nitrogens with one attached hydrogen (secondary N) is 2. The number of hydrogen-bond acceptors (Lipinski definition) is 5. The second kappa shape index (κ2) is 7.51. The number of carbonyl (C=O) groups is 1. The molecule has 0 bridgehead atoms. The molecule has 0 atom stereocenters. The average Bonchev–Trinajstić information content (AvgIpc) is 3.22. The Bertz CT molecular complexity index is 1270. The summed E-state index contributed by atoms with van der Waals surface area (Å²) in [6.45, 7) is 0. The van der Waals surface area contributed by atoms with Gasteiger partial charge < -0.3 is 10.6 Å². The van der Waals surface area contributed by atoms with Crippen molar-refractivity contribution in [2.75, 3.05) is 10.6 Å². The van der Waals surface area contributed by atoms with E-state index in [1.165, 1.54) is 22.0 Å². The van der Waals surface area contributed by atoms with E-state index in [0.717, 1.165) is 11.0 Å². The lowest BCUT2D eigenvalue weighted by Crippen LogP contribution is -2.19. The normalized spacial score (nSPS) is 11.0. The molecule has 148 valence electrons. The van der Waals surface area contributed by atoms with Crippen molar-refractivity contribution in [2.24, 2.45) is 14.1 Å². The molecule has 0 saturated heterocycles. The predicted octanol–water partition coefficient (Wildman–Crippen LogP) is 3.40. The van der Waals surface area contributed by atoms with Gasteiger partial charge in [-0.25, -0.2) is 14.2 Å². The zero-order valence-corrected chi connectivity index (χ0v) is 16.6. The minimum atomic E-state index is -0.368. The lowest BCUT2D eigenvalue weighted by Gasteiger charge is -2.05. The molecule has 2 heterocycles. The number of benzene rings is 2. The molecule has 2 aromatic heterocycles. The van der Waals surface area contributed by atoms with E-state index in [9.17, 15) is 14.0 Å². The Labute approximate surface area is 169 Å². The van der Waals surface area contributed by atoms with Gasteiger partial charge >= 0.3 is 5.69 Å². The highest BCUT2D eigenvalue weighted by Gasteiger charge is 2.12. The molecular weight excluding hydrogens is 393 g/mol. The summed E-state index contributed by atoms with van der Waals surface area (Å²) in [7, 11) is 3.40. The number of imidazole rings is 1. The van der Waals surface area contributed by atoms with Crippen LogP contribution in [0.3, 0.4) is 0 Å². The molecule has 4 rings (SSSR count). The number of anilines is 3. The van der Waals surface area contributed by atoms with Crippen LogP contribution in [0.15, 0.2) is 52.6 Å². The number of halogens is 1. The molecule has 4 aromatic rings. The molecule has 0 spiro atoms. The molecule has 0 fully saturated rings. The highest BCUT2D eigenvalue weighted by Crippen LogP contribution is 2.23. The fourth-order valence-electron chi connectivity index (χ4n) is 3.08. The molecule has 29 heavy (non-hydrogen) atoms. The van der Waals surface area contributed by atoms with Crippen molar-refractivity contribution < 1.29 is 9.18 Å². The number of nitrogens with zero attached hydrogens (tertiary/aromatic N) is 3. The molecule has 0 aliphatic carbocycles. The fraction of sp³-hybridized carbons (Fsp3) is 0.150. The van der Waals surface area contributed by atoms with E-state index in [0.29, 0.717) is 22.2 Å². The van der Waals surface area contributed by atoms with Gasteiger partial charge in [0.2, 0.25) is 5.91 Å². The molecule has 2 aromatic carbocycles. The largest absolute Gasteiger partial charge is 0.329 e. The molecule has 9 heteroatoms. The van der Waals surface area contributed by atoms with E-state index < -0.39 is 0 Å². The van der Waals surface area contributed by atoms with Crippen LogP contribution in [0.4, 0.5) is 20.9 Å². The Balaban J connectivity index is 1.44. The Morgan fingerprint density at radius 3 is 2.69 bits per heavy atom. The first-order chi connectivity index (χ1) is 13.9. The van der Waals surface area contributed by atoms with E-state index in [2.05, 4.69) is 15.6 Å². The van der Waals surface area contributed by atoms with Crippen LogP contribution in [-0.2, 0) is 25.3 Å². The summed E-state index contributed by atoms with van der Waals surface area (Å²) in [5.41, 5.74) is 2.92. The van der Waals surface area contributed by atoms with Gasteiger partial charge in [0.15, 0.2) is 5.13 Å². The average molecular weight is 411 g/mol. The maximum atomic E-state index is 13.7. The quantitative estimate of drug-likeness (QED) is 0.528. The lowest BCUT2D eigenvalue weighted by atomic mass is 10.2. The molecule has 0 radical (unpaired) electrons. The van der Waals surface area contributed by atoms with Gasteiger partial charge in [0, 0.05) is 25.2 Å². The first kappa shape index (κ1) is 18.9. The van der Waals surface area contributed by atoms with Crippen molar-refractivity contribution in [3.8, 4) is 0 Å². The standard InChI is InChI=1S/C20H18FN5O2S/c1-25-16-8-7-12(9-17(16)26(2)20(25)28)22-18(27)10-13-11-29-19(23-13)24-15-6-4-3-5-14(15)21/h3-9,11H,10H2,1-2H3,(H,22,27)(H,23,24). The fourth-order valence-corrected chi connectivity index (χ4v) is 3.80. The van der Waals surface area contributed by atoms with Crippen molar-refractivity contribution in [3.05, 3.63) is 69.8 Å². The monoisotopic (exact) mass is 411 g/mol. The van der Waals surface area contributed by atoms with Crippen molar-refractivity contribution in [1.82, 2.24) is 14.1 Å². The van der Waals surface area contributed by atoms with Crippen LogP contribution in [0.25, 0.3) is 11.0 Å². The second-order valence-electron chi connectivity index (χ2n) is 6.58. The van der Waals surface area contributed by atoms with Gasteiger partial charge in [0.1, 0.15) is 5.82 Å². The molecule has 0 unspecified atom stereocenters. The minimum absolute atomic E-state index is 0.0845. The number of aromatic nitrogens is 3. The summed E-state index contributed by atoms with van der Waals surface area (Å²) in [6.07, 6.45) is 0.0845. The van der Waals surface area contributed by atoms with Gasteiger partial charge in [-0.15, -0.1) is 11.3 Å². The molecule has 2 N–H and O–H groups in total. The van der Waals surface area contributed by atoms with Crippen LogP contribution in [-0.4, -0.2) is 20.0 Å². The lowest BCUT2D eigenvalue weighted by molar-refractivity contribution is -0.115. The van der Waals surface area contributed by atoms with Gasteiger partial charge in [-0.05, 0) is 30.3 Å². The molecule has 7 nitrogen and oxygen atoms in total. The molecule has 0 aliphatic rings. The maximum absolute atomic E-state index is 13.7. The number of amides is 1. The van der Waals surface area contributed by atoms with E-state index in [4.69, 9.17) is 0 Å². The number of hydrogen-bond donors (Lipinski definition) is 2. The van der Waals surface area contributed by atoms with Crippen molar-refractivity contribution in [3.63, 3.8) is 0 Å². The van der Waals surface area contributed by atoms with Gasteiger partial charge in [0.05, 0.1) is 28.8 Å². The van der Waals surface area contributed by atoms with E-state index in [1.807, 2.05) is 0 Å². The number of aryl methyl sites for hydroxylation is 2. The topological polar surface area (TPSA) is 81.0 Å². The summed E-state index contributed by atoms with van der Waals surface area (Å²) in [6, 6.07) is 11.6. The summed E-state index contributed by atoms with van der Waals surface area (Å²) in [5.74, 6) is -0.597. The SMILES string of the molecule is Cn1c(=O)n(C)c2cc(NC(=O)Cc3csc(Nc4ccccc4F)n3)ccc21. The van der Waals surface area contributed by atoms with E-state index >= 15 is 0 Å². The summed E-state index contributed by atoms with van der Waals surface area (Å²) >= 11 is 1.30. The minimum Gasteiger partial charge on any atom is -0.329 e. The first-order valence-electron chi connectivity index (χ1n) is 8.83. The third-order valence-electron chi connectivity index (χ3n) is 4.56. The van der Waals surface area contributed by atoms with Crippen LogP contribution in [0.5, 0.6) is 0 Å². The third kappa shape index (κ3) is 3.77. The van der Waals surface area contributed by atoms with Crippen molar-refractivity contribution >= 4 is 44.8 Å². The van der Waals surface area contributed by atoms with E-state index in [-0.39, 0.29) is 23.8 Å². The highest BCUT2D eigenvalue weighted by atomic mass is 32.1. The number of carbonyl (C=O) groups excluding carboxylic acids is 1. The van der Waals surface area contributed by atoms with E-state index in [1.54, 1.807) is 60.4 Å². The van der Waals surface area contributed by atoms with Gasteiger partial charge in [-0.1, -0.05) is 12.1 Å². The molecule has 1 amide bonds. The maximum Gasteiger partial charge on any atom is 0.328 e.